The predicted octanol–water partition coefficient (Wildman–Crippen LogP) is 2.75. The van der Waals surface area contributed by atoms with Crippen LogP contribution in [-0.4, -0.2) is 29.1 Å². The molecule has 0 bridgehead atoms. The summed E-state index contributed by atoms with van der Waals surface area (Å²) in [5.74, 6) is 0.807. The van der Waals surface area contributed by atoms with Gasteiger partial charge in [-0.05, 0) is 53.7 Å². The van der Waals surface area contributed by atoms with Crippen molar-refractivity contribution in [2.45, 2.75) is 41.5 Å². The Morgan fingerprint density at radius 3 is 1.62 bits per heavy atom. The SMILES string of the molecule is [C-]#[N+]/C(c1nc(C)cc(C)n1)=c1\c2c(C)n(C)/c(=C(/C#N)c3nc(C)cc(C)n3)c2c(C)n1C. The molecule has 4 aromatic heterocycles. The lowest BCUT2D eigenvalue weighted by Gasteiger charge is -2.07. The van der Waals surface area contributed by atoms with Crippen molar-refractivity contribution in [1.82, 2.24) is 29.1 Å². The summed E-state index contributed by atoms with van der Waals surface area (Å²) in [6, 6.07) is 6.13. The highest BCUT2D eigenvalue weighted by atomic mass is 15.0. The molecule has 0 aliphatic heterocycles. The molecule has 0 aliphatic carbocycles. The molecule has 4 aromatic rings. The van der Waals surface area contributed by atoms with Gasteiger partial charge in [-0.2, -0.15) is 5.26 Å². The fraction of sp³-hybridized carbons (Fsp3) is 0.308. The van der Waals surface area contributed by atoms with E-state index >= 15 is 0 Å². The normalized spacial score (nSPS) is 13.0. The lowest BCUT2D eigenvalue weighted by molar-refractivity contribution is 0.824. The van der Waals surface area contributed by atoms with E-state index in [-0.39, 0.29) is 0 Å². The highest BCUT2D eigenvalue weighted by molar-refractivity contribution is 5.95. The monoisotopic (exact) mass is 450 g/mol. The molecule has 34 heavy (non-hydrogen) atoms. The van der Waals surface area contributed by atoms with Gasteiger partial charge in [0.2, 0.25) is 0 Å². The first kappa shape index (κ1) is 22.9. The number of fused-ring (bicyclic) bond motifs is 1. The summed E-state index contributed by atoms with van der Waals surface area (Å²) in [5.41, 5.74) is 5.88. The lowest BCUT2D eigenvalue weighted by atomic mass is 10.1. The first-order valence-electron chi connectivity index (χ1n) is 10.9. The van der Waals surface area contributed by atoms with E-state index in [4.69, 9.17) is 6.57 Å². The molecule has 0 spiro atoms. The van der Waals surface area contributed by atoms with E-state index in [1.54, 1.807) is 0 Å². The Balaban J connectivity index is 2.28. The Labute approximate surface area is 198 Å². The molecule has 4 rings (SSSR count). The van der Waals surface area contributed by atoms with Crippen LogP contribution in [0.2, 0.25) is 0 Å². The van der Waals surface area contributed by atoms with Crippen LogP contribution in [0.3, 0.4) is 0 Å². The zero-order chi connectivity index (χ0) is 24.9. The number of nitrogens with zero attached hydrogens (tertiary/aromatic N) is 8. The van der Waals surface area contributed by atoms with Crippen molar-refractivity contribution >= 4 is 22.0 Å². The van der Waals surface area contributed by atoms with E-state index in [9.17, 15) is 5.26 Å². The summed E-state index contributed by atoms with van der Waals surface area (Å²) >= 11 is 0. The Bertz CT molecular complexity index is 1530. The van der Waals surface area contributed by atoms with Crippen LogP contribution in [-0.2, 0) is 14.1 Å². The van der Waals surface area contributed by atoms with Gasteiger partial charge >= 0.3 is 0 Å². The third-order valence-corrected chi connectivity index (χ3v) is 6.21. The van der Waals surface area contributed by atoms with Gasteiger partial charge in [-0.15, -0.1) is 0 Å². The summed E-state index contributed by atoms with van der Waals surface area (Å²) in [4.78, 5) is 22.1. The maximum absolute atomic E-state index is 10.2. The second-order valence-corrected chi connectivity index (χ2v) is 8.63. The van der Waals surface area contributed by atoms with Crippen molar-refractivity contribution in [1.29, 1.82) is 5.26 Å². The first-order valence-corrected chi connectivity index (χ1v) is 10.9. The van der Waals surface area contributed by atoms with E-state index in [2.05, 4.69) is 30.9 Å². The average molecular weight is 451 g/mol. The molecule has 0 saturated carbocycles. The molecule has 8 nitrogen and oxygen atoms in total. The van der Waals surface area contributed by atoms with Gasteiger partial charge in [0.05, 0.1) is 17.3 Å². The Morgan fingerprint density at radius 2 is 1.18 bits per heavy atom. The first-order chi connectivity index (χ1) is 16.1. The van der Waals surface area contributed by atoms with Crippen LogP contribution in [0.5, 0.6) is 0 Å². The molecular weight excluding hydrogens is 424 g/mol. The average Bonchev–Trinajstić information content (AvgIpc) is 3.15. The van der Waals surface area contributed by atoms with E-state index in [0.717, 1.165) is 55.6 Å². The number of aryl methyl sites for hydroxylation is 6. The molecule has 8 heteroatoms. The molecule has 0 saturated heterocycles. The van der Waals surface area contributed by atoms with Crippen molar-refractivity contribution in [3.8, 4) is 6.07 Å². The Hall–Kier alpha value is -4.30. The van der Waals surface area contributed by atoms with E-state index in [0.29, 0.717) is 22.9 Å². The highest BCUT2D eigenvalue weighted by Gasteiger charge is 2.23. The molecule has 0 aromatic carbocycles. The van der Waals surface area contributed by atoms with Crippen molar-refractivity contribution in [3.05, 3.63) is 80.1 Å². The molecule has 4 heterocycles. The molecule has 0 radical (unpaired) electrons. The van der Waals surface area contributed by atoms with Gasteiger partial charge in [-0.1, -0.05) is 0 Å². The zero-order valence-electron chi connectivity index (χ0n) is 20.7. The van der Waals surface area contributed by atoms with Gasteiger partial charge in [0.25, 0.3) is 5.70 Å². The largest absolute Gasteiger partial charge is 0.356 e. The highest BCUT2D eigenvalue weighted by Crippen LogP contribution is 2.22. The van der Waals surface area contributed by atoms with Crippen LogP contribution in [0.15, 0.2) is 12.1 Å². The maximum atomic E-state index is 10.2. The number of aromatic nitrogens is 6. The maximum Gasteiger partial charge on any atom is 0.254 e. The molecular formula is C26H26N8. The summed E-state index contributed by atoms with van der Waals surface area (Å²) in [6.45, 7) is 19.6. The standard InChI is InChI=1S/C26H26N8/c1-13-10-14(2)30-25(29-13)19(12-27)23-20-17(5)34(9)24(21(20)18(6)33(23)8)22(28-7)26-31-15(3)11-16(4)32-26/h10-11H,1-6,8-9H3/b23-19-,24-22+. The minimum Gasteiger partial charge on any atom is -0.356 e. The second kappa shape index (κ2) is 8.24. The third kappa shape index (κ3) is 3.45. The molecule has 0 atom stereocenters. The van der Waals surface area contributed by atoms with Crippen molar-refractivity contribution in [3.63, 3.8) is 0 Å². The fourth-order valence-electron chi connectivity index (χ4n) is 4.60. The van der Waals surface area contributed by atoms with E-state index < -0.39 is 0 Å². The van der Waals surface area contributed by atoms with Crippen molar-refractivity contribution in [2.24, 2.45) is 14.1 Å². The van der Waals surface area contributed by atoms with Crippen molar-refractivity contribution in [2.75, 3.05) is 0 Å². The number of rotatable bonds is 2. The summed E-state index contributed by atoms with van der Waals surface area (Å²) in [7, 11) is 3.86. The predicted molar refractivity (Wildman–Crippen MR) is 131 cm³/mol. The second-order valence-electron chi connectivity index (χ2n) is 8.63. The molecule has 0 fully saturated rings. The zero-order valence-corrected chi connectivity index (χ0v) is 20.7. The minimum absolute atomic E-state index is 0.383. The van der Waals surface area contributed by atoms with Crippen LogP contribution in [0, 0.1) is 59.4 Å². The summed E-state index contributed by atoms with van der Waals surface area (Å²) < 4.78 is 3.98. The van der Waals surface area contributed by atoms with E-state index in [1.807, 2.05) is 76.9 Å². The quantitative estimate of drug-likeness (QED) is 0.438. The van der Waals surface area contributed by atoms with Gasteiger partial charge < -0.3 is 9.13 Å². The van der Waals surface area contributed by atoms with Crippen LogP contribution >= 0.6 is 0 Å². The minimum atomic E-state index is 0.383. The summed E-state index contributed by atoms with van der Waals surface area (Å²) in [6.07, 6.45) is 0. The molecule has 0 amide bonds. The molecule has 0 aliphatic rings. The van der Waals surface area contributed by atoms with Gasteiger partial charge in [0.15, 0.2) is 11.6 Å². The molecule has 0 unspecified atom stereocenters. The molecule has 170 valence electrons. The number of hydrogen-bond acceptors (Lipinski definition) is 5. The smallest absolute Gasteiger partial charge is 0.254 e. The topological polar surface area (TPSA) is 89.6 Å². The van der Waals surface area contributed by atoms with Crippen LogP contribution in [0.1, 0.15) is 45.8 Å². The van der Waals surface area contributed by atoms with Crippen LogP contribution < -0.4 is 10.7 Å². The Kier molecular flexibility index (Phi) is 5.54. The number of hydrogen-bond donors (Lipinski definition) is 0. The van der Waals surface area contributed by atoms with E-state index in [1.165, 1.54) is 0 Å². The van der Waals surface area contributed by atoms with Gasteiger partial charge in [-0.3, -0.25) is 0 Å². The van der Waals surface area contributed by atoms with Gasteiger partial charge in [0.1, 0.15) is 11.6 Å². The van der Waals surface area contributed by atoms with Crippen LogP contribution in [0.25, 0.3) is 26.9 Å². The van der Waals surface area contributed by atoms with Crippen LogP contribution in [0.4, 0.5) is 0 Å². The number of nitriles is 1. The van der Waals surface area contributed by atoms with Crippen molar-refractivity contribution < 1.29 is 0 Å². The summed E-state index contributed by atoms with van der Waals surface area (Å²) in [5, 5.41) is 13.5. The third-order valence-electron chi connectivity index (χ3n) is 6.21. The van der Waals surface area contributed by atoms with Gasteiger partial charge in [-0.25, -0.2) is 24.8 Å². The lowest BCUT2D eigenvalue weighted by Crippen LogP contribution is -2.22. The van der Waals surface area contributed by atoms with Gasteiger partial charge in [0, 0.05) is 59.0 Å². The Morgan fingerprint density at radius 1 is 0.765 bits per heavy atom. The fourth-order valence-corrected chi connectivity index (χ4v) is 4.60. The molecule has 0 N–H and O–H groups in total.